The van der Waals surface area contributed by atoms with E-state index in [1.54, 1.807) is 0 Å². The molecule has 114 valence electrons. The fourth-order valence-electron chi connectivity index (χ4n) is 2.15. The molecule has 6 heteroatoms. The van der Waals surface area contributed by atoms with Crippen LogP contribution in [0.3, 0.4) is 0 Å². The Morgan fingerprint density at radius 3 is 2.55 bits per heavy atom. The zero-order chi connectivity index (χ0) is 15.5. The van der Waals surface area contributed by atoms with Gasteiger partial charge in [-0.05, 0) is 25.1 Å². The van der Waals surface area contributed by atoms with Gasteiger partial charge in [-0.2, -0.15) is 0 Å². The molecule has 1 aromatic heterocycles. The molecule has 4 nitrogen and oxygen atoms in total. The van der Waals surface area contributed by atoms with Gasteiger partial charge in [0.2, 0.25) is 5.91 Å². The second kappa shape index (κ2) is 6.83. The fraction of sp³-hybridized carbons (Fsp3) is 0.714. The summed E-state index contributed by atoms with van der Waals surface area (Å²) >= 11 is 6.49. The summed E-state index contributed by atoms with van der Waals surface area (Å²) in [4.78, 5) is 16.0. The molecule has 0 aliphatic rings. The van der Waals surface area contributed by atoms with E-state index in [1.807, 2.05) is 34.6 Å². The van der Waals surface area contributed by atoms with Gasteiger partial charge in [0.1, 0.15) is 0 Å². The molecule has 3 N–H and O–H groups in total. The number of hydrogen-bond acceptors (Lipinski definition) is 4. The largest absolute Gasteiger partial charge is 0.392 e. The lowest BCUT2D eigenvalue weighted by atomic mass is 9.80. The van der Waals surface area contributed by atoms with Crippen molar-refractivity contribution in [2.75, 3.05) is 6.54 Å². The van der Waals surface area contributed by atoms with Gasteiger partial charge in [-0.1, -0.05) is 27.7 Å². The average Bonchev–Trinajstić information content (AvgIpc) is 2.64. The van der Waals surface area contributed by atoms with Crippen molar-refractivity contribution in [3.05, 3.63) is 14.5 Å². The molecule has 1 amide bonds. The number of carbonyl (C=O) groups is 1. The minimum absolute atomic E-state index is 0.0395. The van der Waals surface area contributed by atoms with Crippen LogP contribution in [-0.2, 0) is 11.2 Å². The van der Waals surface area contributed by atoms with Crippen LogP contribution in [0.1, 0.15) is 38.3 Å². The Balaban J connectivity index is 2.55. The first kappa shape index (κ1) is 17.3. The van der Waals surface area contributed by atoms with Gasteiger partial charge >= 0.3 is 0 Å². The van der Waals surface area contributed by atoms with Crippen LogP contribution in [0.25, 0.3) is 0 Å². The van der Waals surface area contributed by atoms with E-state index in [-0.39, 0.29) is 17.2 Å². The highest BCUT2D eigenvalue weighted by molar-refractivity contribution is 7.73. The Labute approximate surface area is 129 Å². The molecule has 0 aliphatic heterocycles. The van der Waals surface area contributed by atoms with Crippen molar-refractivity contribution in [2.45, 2.75) is 47.1 Å². The van der Waals surface area contributed by atoms with Gasteiger partial charge < -0.3 is 15.4 Å². The third kappa shape index (κ3) is 4.68. The summed E-state index contributed by atoms with van der Waals surface area (Å²) in [6, 6.07) is 0. The lowest BCUT2D eigenvalue weighted by Crippen LogP contribution is -2.43. The van der Waals surface area contributed by atoms with Gasteiger partial charge in [-0.15, -0.1) is 11.3 Å². The Bertz CT molecular complexity index is 517. The zero-order valence-electron chi connectivity index (χ0n) is 12.7. The molecule has 1 rings (SSSR count). The van der Waals surface area contributed by atoms with Crippen LogP contribution in [0.5, 0.6) is 0 Å². The van der Waals surface area contributed by atoms with E-state index in [0.29, 0.717) is 16.9 Å². The number of nitrogens with one attached hydrogen (secondary N) is 2. The van der Waals surface area contributed by atoms with E-state index in [9.17, 15) is 9.90 Å². The molecule has 0 radical (unpaired) electrons. The summed E-state index contributed by atoms with van der Waals surface area (Å²) in [6.45, 7) is 10.3. The molecule has 0 aromatic carbocycles. The number of aliphatic hydroxyl groups excluding tert-OH is 1. The molecule has 1 heterocycles. The van der Waals surface area contributed by atoms with Crippen LogP contribution in [0.2, 0.25) is 0 Å². The third-order valence-electron chi connectivity index (χ3n) is 3.42. The molecule has 20 heavy (non-hydrogen) atoms. The van der Waals surface area contributed by atoms with Gasteiger partial charge in [-0.25, -0.2) is 0 Å². The highest BCUT2D eigenvalue weighted by atomic mass is 32.1. The third-order valence-corrected chi connectivity index (χ3v) is 4.75. The van der Waals surface area contributed by atoms with Crippen molar-refractivity contribution >= 4 is 29.5 Å². The van der Waals surface area contributed by atoms with Gasteiger partial charge in [0.25, 0.3) is 0 Å². The molecule has 0 saturated heterocycles. The number of carbonyl (C=O) groups excluding carboxylic acids is 1. The Kier molecular flexibility index (Phi) is 5.91. The van der Waals surface area contributed by atoms with E-state index in [1.165, 1.54) is 11.3 Å². The topological polar surface area (TPSA) is 65.1 Å². The smallest absolute Gasteiger partial charge is 0.225 e. The van der Waals surface area contributed by atoms with Crippen molar-refractivity contribution in [2.24, 2.45) is 11.3 Å². The van der Waals surface area contributed by atoms with Crippen molar-refractivity contribution in [3.8, 4) is 0 Å². The maximum Gasteiger partial charge on any atom is 0.225 e. The summed E-state index contributed by atoms with van der Waals surface area (Å²) in [7, 11) is 0. The lowest BCUT2D eigenvalue weighted by Gasteiger charge is -2.33. The van der Waals surface area contributed by atoms with E-state index < -0.39 is 6.10 Å². The van der Waals surface area contributed by atoms with Crippen molar-refractivity contribution in [1.29, 1.82) is 0 Å². The van der Waals surface area contributed by atoms with Crippen molar-refractivity contribution < 1.29 is 9.90 Å². The van der Waals surface area contributed by atoms with E-state index in [2.05, 4.69) is 10.3 Å². The average molecular weight is 316 g/mol. The summed E-state index contributed by atoms with van der Waals surface area (Å²) in [5, 5.41) is 13.0. The summed E-state index contributed by atoms with van der Waals surface area (Å²) in [6.07, 6.45) is -0.115. The van der Waals surface area contributed by atoms with Crippen molar-refractivity contribution in [3.63, 3.8) is 0 Å². The minimum Gasteiger partial charge on any atom is -0.392 e. The number of amides is 1. The number of rotatable bonds is 6. The maximum absolute atomic E-state index is 12.0. The quantitative estimate of drug-likeness (QED) is 0.707. The Morgan fingerprint density at radius 1 is 1.50 bits per heavy atom. The maximum atomic E-state index is 12.0. The number of aromatic nitrogens is 1. The first-order valence-electron chi connectivity index (χ1n) is 6.77. The van der Waals surface area contributed by atoms with Crippen LogP contribution in [0.4, 0.5) is 0 Å². The predicted octanol–water partition coefficient (Wildman–Crippen LogP) is 2.82. The number of aliphatic hydroxyl groups is 1. The molecule has 1 aromatic rings. The fourth-order valence-corrected chi connectivity index (χ4v) is 3.44. The summed E-state index contributed by atoms with van der Waals surface area (Å²) in [5.74, 6) is 0.126. The molecule has 1 atom stereocenters. The summed E-state index contributed by atoms with van der Waals surface area (Å²) in [5.41, 5.74) is 0.612. The van der Waals surface area contributed by atoms with E-state index in [0.717, 1.165) is 10.6 Å². The number of hydrogen-bond donors (Lipinski definition) is 3. The molecular formula is C14H24N2O2S2. The normalized spacial score (nSPS) is 13.6. The molecule has 0 fully saturated rings. The van der Waals surface area contributed by atoms with Gasteiger partial charge in [0, 0.05) is 22.5 Å². The van der Waals surface area contributed by atoms with Crippen LogP contribution in [0, 0.1) is 22.2 Å². The predicted molar refractivity (Wildman–Crippen MR) is 85.6 cm³/mol. The SMILES string of the molecule is Cc1[nH]c(=S)sc1CC(=O)NCC(C)(C)C(O)C(C)C. The van der Waals surface area contributed by atoms with Crippen LogP contribution < -0.4 is 5.32 Å². The first-order valence-corrected chi connectivity index (χ1v) is 7.99. The second-order valence-electron chi connectivity index (χ2n) is 6.19. The molecule has 0 saturated carbocycles. The highest BCUT2D eigenvalue weighted by Crippen LogP contribution is 2.25. The minimum atomic E-state index is -0.446. The van der Waals surface area contributed by atoms with Gasteiger partial charge in [-0.3, -0.25) is 4.79 Å². The Morgan fingerprint density at radius 2 is 2.10 bits per heavy atom. The van der Waals surface area contributed by atoms with Crippen LogP contribution in [0.15, 0.2) is 0 Å². The second-order valence-corrected chi connectivity index (χ2v) is 7.97. The number of thiazole rings is 1. The molecule has 0 bridgehead atoms. The monoisotopic (exact) mass is 316 g/mol. The van der Waals surface area contributed by atoms with Crippen molar-refractivity contribution in [1.82, 2.24) is 10.3 Å². The van der Waals surface area contributed by atoms with Gasteiger partial charge in [0.05, 0.1) is 12.5 Å². The number of H-pyrrole nitrogens is 1. The van der Waals surface area contributed by atoms with E-state index >= 15 is 0 Å². The molecular weight excluding hydrogens is 292 g/mol. The molecule has 0 spiro atoms. The van der Waals surface area contributed by atoms with E-state index in [4.69, 9.17) is 12.2 Å². The highest BCUT2D eigenvalue weighted by Gasteiger charge is 2.30. The van der Waals surface area contributed by atoms with Crippen LogP contribution >= 0.6 is 23.6 Å². The van der Waals surface area contributed by atoms with Gasteiger partial charge in [0.15, 0.2) is 3.95 Å². The standard InChI is InChI=1S/C14H24N2O2S2/c1-8(2)12(18)14(4,5)7-15-11(17)6-10-9(3)16-13(19)20-10/h8,12,18H,6-7H2,1-5H3,(H,15,17)(H,16,19). The molecule has 0 aliphatic carbocycles. The first-order chi connectivity index (χ1) is 9.13. The summed E-state index contributed by atoms with van der Waals surface area (Å²) < 4.78 is 0.695. The Hall–Kier alpha value is -0.720. The number of aromatic amines is 1. The molecule has 1 unspecified atom stereocenters. The number of aryl methyl sites for hydroxylation is 1. The zero-order valence-corrected chi connectivity index (χ0v) is 14.4. The lowest BCUT2D eigenvalue weighted by molar-refractivity contribution is -0.121. The van der Waals surface area contributed by atoms with Crippen LogP contribution in [-0.4, -0.2) is 28.6 Å².